The maximum Gasteiger partial charge on any atom is 0.389 e. The van der Waals surface area contributed by atoms with E-state index in [1.54, 1.807) is 0 Å². The highest BCUT2D eigenvalue weighted by Gasteiger charge is 2.27. The van der Waals surface area contributed by atoms with Gasteiger partial charge in [-0.3, -0.25) is 4.79 Å². The molecule has 0 aliphatic heterocycles. The van der Waals surface area contributed by atoms with Crippen LogP contribution < -0.4 is 0 Å². The Labute approximate surface area is 123 Å². The topological polar surface area (TPSA) is 51.2 Å². The van der Waals surface area contributed by atoms with Crippen molar-refractivity contribution in [2.45, 2.75) is 23.9 Å². The fourth-order valence-electron chi connectivity index (χ4n) is 1.51. The molecule has 0 saturated carbocycles. The van der Waals surface area contributed by atoms with Gasteiger partial charge in [0.05, 0.1) is 16.0 Å². The second kappa shape index (κ2) is 6.71. The zero-order valence-electron chi connectivity index (χ0n) is 10.3. The van der Waals surface area contributed by atoms with Crippen LogP contribution in [0.4, 0.5) is 13.2 Å². The minimum atomic E-state index is -4.36. The minimum Gasteiger partial charge on any atom is -0.293 e. The van der Waals surface area contributed by atoms with Gasteiger partial charge in [0, 0.05) is 12.0 Å². The van der Waals surface area contributed by atoms with Crippen LogP contribution in [0.3, 0.4) is 0 Å². The lowest BCUT2D eigenvalue weighted by molar-refractivity contribution is -0.134. The highest BCUT2D eigenvalue weighted by atomic mass is 79.9. The second-order valence-corrected chi connectivity index (χ2v) is 6.79. The maximum atomic E-state index is 12.0. The molecule has 0 unspecified atom stereocenters. The van der Waals surface area contributed by atoms with E-state index in [4.69, 9.17) is 0 Å². The number of benzene rings is 1. The Balaban J connectivity index is 2.75. The van der Waals surface area contributed by atoms with Crippen LogP contribution >= 0.6 is 15.9 Å². The first-order valence-corrected chi connectivity index (χ1v) is 8.42. The molecule has 1 aromatic rings. The summed E-state index contributed by atoms with van der Waals surface area (Å²) in [5, 5.41) is 0.116. The summed E-state index contributed by atoms with van der Waals surface area (Å²) in [6.07, 6.45) is -5.97. The van der Waals surface area contributed by atoms with Gasteiger partial charge in [-0.25, -0.2) is 8.42 Å². The van der Waals surface area contributed by atoms with Gasteiger partial charge in [0.15, 0.2) is 15.6 Å². The van der Waals surface area contributed by atoms with Crippen molar-refractivity contribution < 1.29 is 26.4 Å². The Hall–Kier alpha value is -0.890. The molecule has 0 aliphatic carbocycles. The number of alkyl halides is 4. The predicted molar refractivity (Wildman–Crippen MR) is 71.9 cm³/mol. The molecule has 0 saturated heterocycles. The van der Waals surface area contributed by atoms with E-state index in [0.29, 0.717) is 5.56 Å². The Morgan fingerprint density at radius 2 is 1.70 bits per heavy atom. The summed E-state index contributed by atoms with van der Waals surface area (Å²) < 4.78 is 59.5. The molecule has 1 rings (SSSR count). The van der Waals surface area contributed by atoms with Gasteiger partial charge < -0.3 is 0 Å². The third kappa shape index (κ3) is 5.24. The number of carbonyl (C=O) groups excluding carboxylic acids is 1. The Kier molecular flexibility index (Phi) is 5.76. The summed E-state index contributed by atoms with van der Waals surface area (Å²) in [6.45, 7) is 0. The van der Waals surface area contributed by atoms with Crippen LogP contribution in [0.1, 0.15) is 23.2 Å². The molecular formula is C12H12BrF3O3S. The van der Waals surface area contributed by atoms with Crippen LogP contribution in [0.15, 0.2) is 29.2 Å². The molecule has 112 valence electrons. The SMILES string of the molecule is O=C(CBr)c1ccc(S(=O)(=O)CCCC(F)(F)F)cc1. The van der Waals surface area contributed by atoms with Gasteiger partial charge in [-0.1, -0.05) is 28.1 Å². The van der Waals surface area contributed by atoms with Gasteiger partial charge in [0.2, 0.25) is 0 Å². The number of halogens is 4. The highest BCUT2D eigenvalue weighted by Crippen LogP contribution is 2.23. The summed E-state index contributed by atoms with van der Waals surface area (Å²) in [6, 6.07) is 5.16. The maximum absolute atomic E-state index is 12.0. The number of sulfone groups is 1. The number of Topliss-reactive ketones (excluding diaryl/α,β-unsaturated/α-hetero) is 1. The van der Waals surface area contributed by atoms with Crippen molar-refractivity contribution in [3.63, 3.8) is 0 Å². The Morgan fingerprint density at radius 3 is 2.15 bits per heavy atom. The first kappa shape index (κ1) is 17.2. The van der Waals surface area contributed by atoms with Crippen LogP contribution in [0.2, 0.25) is 0 Å². The second-order valence-electron chi connectivity index (χ2n) is 4.12. The summed E-state index contributed by atoms with van der Waals surface area (Å²) in [5.41, 5.74) is 0.344. The normalized spacial score (nSPS) is 12.4. The van der Waals surface area contributed by atoms with Crippen molar-refractivity contribution in [2.24, 2.45) is 0 Å². The standard InChI is InChI=1S/C12H12BrF3O3S/c13-8-11(17)9-2-4-10(5-3-9)20(18,19)7-1-6-12(14,15)16/h2-5H,1,6-8H2. The van der Waals surface area contributed by atoms with Crippen LogP contribution in [-0.4, -0.2) is 31.5 Å². The van der Waals surface area contributed by atoms with Crippen molar-refractivity contribution in [3.8, 4) is 0 Å². The Bertz CT molecular complexity index is 565. The van der Waals surface area contributed by atoms with E-state index in [1.165, 1.54) is 24.3 Å². The summed E-state index contributed by atoms with van der Waals surface area (Å²) in [7, 11) is -3.75. The number of carbonyl (C=O) groups is 1. The van der Waals surface area contributed by atoms with Crippen LogP contribution in [-0.2, 0) is 9.84 Å². The average molecular weight is 373 g/mol. The summed E-state index contributed by atoms with van der Waals surface area (Å²) in [5.74, 6) is -0.774. The van der Waals surface area contributed by atoms with Crippen molar-refractivity contribution in [3.05, 3.63) is 29.8 Å². The van der Waals surface area contributed by atoms with E-state index in [9.17, 15) is 26.4 Å². The molecule has 0 aromatic heterocycles. The lowest BCUT2D eigenvalue weighted by Gasteiger charge is -2.07. The molecule has 0 aliphatic rings. The molecule has 1 aromatic carbocycles. The van der Waals surface area contributed by atoms with E-state index < -0.39 is 34.6 Å². The predicted octanol–water partition coefficient (Wildman–Crippen LogP) is 3.38. The van der Waals surface area contributed by atoms with Gasteiger partial charge in [-0.2, -0.15) is 13.2 Å². The molecule has 20 heavy (non-hydrogen) atoms. The van der Waals surface area contributed by atoms with E-state index in [0.717, 1.165) is 0 Å². The Morgan fingerprint density at radius 1 is 1.15 bits per heavy atom. The number of ketones is 1. The molecule has 0 spiro atoms. The molecule has 0 atom stereocenters. The molecule has 0 heterocycles. The first-order valence-electron chi connectivity index (χ1n) is 5.64. The van der Waals surface area contributed by atoms with E-state index in [2.05, 4.69) is 15.9 Å². The van der Waals surface area contributed by atoms with Crippen LogP contribution in [0, 0.1) is 0 Å². The monoisotopic (exact) mass is 372 g/mol. The molecule has 8 heteroatoms. The fourth-order valence-corrected chi connectivity index (χ4v) is 3.14. The lowest BCUT2D eigenvalue weighted by atomic mass is 10.2. The molecule has 0 bridgehead atoms. The third-order valence-electron chi connectivity index (χ3n) is 2.53. The summed E-state index contributed by atoms with van der Waals surface area (Å²) >= 11 is 2.99. The number of hydrogen-bond acceptors (Lipinski definition) is 3. The molecule has 0 fully saturated rings. The van der Waals surface area contributed by atoms with Gasteiger partial charge >= 0.3 is 6.18 Å². The summed E-state index contributed by atoms with van der Waals surface area (Å²) in [4.78, 5) is 11.3. The zero-order valence-corrected chi connectivity index (χ0v) is 12.7. The van der Waals surface area contributed by atoms with Crippen molar-refractivity contribution in [2.75, 3.05) is 11.1 Å². The minimum absolute atomic E-state index is 0.0780. The van der Waals surface area contributed by atoms with Gasteiger partial charge in [0.1, 0.15) is 0 Å². The van der Waals surface area contributed by atoms with Gasteiger partial charge in [0.25, 0.3) is 0 Å². The number of hydrogen-bond donors (Lipinski definition) is 0. The van der Waals surface area contributed by atoms with Gasteiger partial charge in [-0.05, 0) is 18.6 Å². The lowest BCUT2D eigenvalue weighted by Crippen LogP contribution is -2.13. The van der Waals surface area contributed by atoms with Gasteiger partial charge in [-0.15, -0.1) is 0 Å². The molecule has 0 radical (unpaired) electrons. The highest BCUT2D eigenvalue weighted by molar-refractivity contribution is 9.09. The third-order valence-corrected chi connectivity index (χ3v) is 4.86. The molecule has 0 N–H and O–H groups in total. The van der Waals surface area contributed by atoms with Crippen LogP contribution in [0.25, 0.3) is 0 Å². The largest absolute Gasteiger partial charge is 0.389 e. The van der Waals surface area contributed by atoms with E-state index in [-0.39, 0.29) is 16.0 Å². The fraction of sp³-hybridized carbons (Fsp3) is 0.417. The van der Waals surface area contributed by atoms with E-state index in [1.807, 2.05) is 0 Å². The van der Waals surface area contributed by atoms with E-state index >= 15 is 0 Å². The van der Waals surface area contributed by atoms with Crippen molar-refractivity contribution in [1.29, 1.82) is 0 Å². The van der Waals surface area contributed by atoms with Crippen molar-refractivity contribution in [1.82, 2.24) is 0 Å². The average Bonchev–Trinajstić information content (AvgIpc) is 2.36. The first-order chi connectivity index (χ1) is 9.15. The quantitative estimate of drug-likeness (QED) is 0.568. The smallest absolute Gasteiger partial charge is 0.293 e. The number of rotatable bonds is 6. The molecule has 0 amide bonds. The molecular weight excluding hydrogens is 361 g/mol. The zero-order chi connectivity index (χ0) is 15.4. The van der Waals surface area contributed by atoms with Crippen LogP contribution in [0.5, 0.6) is 0 Å². The van der Waals surface area contributed by atoms with Crippen molar-refractivity contribution >= 4 is 31.6 Å². The molecule has 3 nitrogen and oxygen atoms in total.